The summed E-state index contributed by atoms with van der Waals surface area (Å²) in [6, 6.07) is -0.797. The van der Waals surface area contributed by atoms with E-state index in [1.807, 2.05) is 27.7 Å². The molecule has 0 aromatic carbocycles. The molecule has 17 heavy (non-hydrogen) atoms. The van der Waals surface area contributed by atoms with Crippen molar-refractivity contribution >= 4 is 27.8 Å². The number of carboxylic acids is 1. The molecule has 0 fully saturated rings. The van der Waals surface area contributed by atoms with Crippen LogP contribution < -0.4 is 5.32 Å². The zero-order valence-corrected chi connectivity index (χ0v) is 12.5. The maximum atomic E-state index is 11.8. The third-order valence-electron chi connectivity index (χ3n) is 2.28. The van der Waals surface area contributed by atoms with Crippen LogP contribution in [0, 0.1) is 11.8 Å². The number of nitrogens with one attached hydrogen (secondary N) is 1. The van der Waals surface area contributed by atoms with E-state index in [4.69, 9.17) is 5.11 Å². The second-order valence-corrected chi connectivity index (χ2v) is 6.23. The molecule has 5 heteroatoms. The molecule has 0 aliphatic rings. The molecule has 0 radical (unpaired) electrons. The fourth-order valence-electron chi connectivity index (χ4n) is 1.48. The molecule has 0 saturated heterocycles. The predicted octanol–water partition coefficient (Wildman–Crippen LogP) is 2.41. The lowest BCUT2D eigenvalue weighted by molar-refractivity contribution is -0.142. The van der Waals surface area contributed by atoms with Gasteiger partial charge in [-0.1, -0.05) is 43.6 Å². The van der Waals surface area contributed by atoms with Crippen LogP contribution in [0.25, 0.3) is 0 Å². The maximum absolute atomic E-state index is 11.8. The van der Waals surface area contributed by atoms with E-state index in [2.05, 4.69) is 21.2 Å². The molecule has 100 valence electrons. The molecule has 0 spiro atoms. The minimum absolute atomic E-state index is 0.232. The molecular weight excluding hydrogens is 286 g/mol. The molecule has 0 unspecified atom stereocenters. The second kappa shape index (κ2) is 7.69. The third-order valence-corrected chi connectivity index (χ3v) is 3.07. The van der Waals surface area contributed by atoms with Gasteiger partial charge < -0.3 is 10.4 Å². The summed E-state index contributed by atoms with van der Waals surface area (Å²) < 4.78 is 0. The van der Waals surface area contributed by atoms with Crippen molar-refractivity contribution in [2.45, 2.75) is 51.4 Å². The lowest BCUT2D eigenvalue weighted by Crippen LogP contribution is -2.44. The number of amides is 1. The first-order valence-electron chi connectivity index (χ1n) is 5.91. The molecule has 2 N–H and O–H groups in total. The number of carbonyl (C=O) groups is 2. The van der Waals surface area contributed by atoms with Gasteiger partial charge in [0.15, 0.2) is 0 Å². The number of halogens is 1. The summed E-state index contributed by atoms with van der Waals surface area (Å²) in [7, 11) is 0. The Labute approximate surface area is 111 Å². The fraction of sp³-hybridized carbons (Fsp3) is 0.833. The van der Waals surface area contributed by atoms with Crippen molar-refractivity contribution in [2.24, 2.45) is 11.8 Å². The first-order chi connectivity index (χ1) is 7.73. The molecule has 4 nitrogen and oxygen atoms in total. The number of hydrogen-bond acceptors (Lipinski definition) is 2. The zero-order chi connectivity index (χ0) is 13.6. The summed E-state index contributed by atoms with van der Waals surface area (Å²) in [4.78, 5) is 22.4. The number of carbonyl (C=O) groups excluding carboxylic acids is 1. The molecular formula is C12H22BrNO3. The lowest BCUT2D eigenvalue weighted by Gasteiger charge is -2.19. The van der Waals surface area contributed by atoms with Crippen LogP contribution in [0.1, 0.15) is 40.5 Å². The highest BCUT2D eigenvalue weighted by Gasteiger charge is 2.24. The van der Waals surface area contributed by atoms with Gasteiger partial charge in [-0.15, -0.1) is 0 Å². The van der Waals surface area contributed by atoms with Gasteiger partial charge in [-0.3, -0.25) is 4.79 Å². The van der Waals surface area contributed by atoms with E-state index < -0.39 is 12.0 Å². The SMILES string of the molecule is CC(C)C[C@@H](Br)C(=O)N[C@@H](CC(C)C)C(=O)O. The fourth-order valence-corrected chi connectivity index (χ4v) is 2.36. The molecule has 0 rings (SSSR count). The summed E-state index contributed by atoms with van der Waals surface area (Å²) in [5.41, 5.74) is 0. The Hall–Kier alpha value is -0.580. The first kappa shape index (κ1) is 16.4. The van der Waals surface area contributed by atoms with Crippen LogP contribution in [0.5, 0.6) is 0 Å². The van der Waals surface area contributed by atoms with Gasteiger partial charge in [-0.2, -0.15) is 0 Å². The van der Waals surface area contributed by atoms with Crippen LogP contribution in [0.2, 0.25) is 0 Å². The average Bonchev–Trinajstić information content (AvgIpc) is 2.14. The van der Waals surface area contributed by atoms with E-state index in [0.29, 0.717) is 18.8 Å². The molecule has 0 bridgehead atoms. The van der Waals surface area contributed by atoms with Crippen molar-refractivity contribution in [1.82, 2.24) is 5.32 Å². The van der Waals surface area contributed by atoms with Crippen LogP contribution >= 0.6 is 15.9 Å². The standard InChI is InChI=1S/C12H22BrNO3/c1-7(2)5-9(13)11(15)14-10(12(16)17)6-8(3)4/h7-10H,5-6H2,1-4H3,(H,14,15)(H,16,17)/t9-,10+/m1/s1. The maximum Gasteiger partial charge on any atom is 0.326 e. The monoisotopic (exact) mass is 307 g/mol. The number of aliphatic carboxylic acids is 1. The Balaban J connectivity index is 4.35. The summed E-state index contributed by atoms with van der Waals surface area (Å²) in [6.45, 7) is 7.90. The van der Waals surface area contributed by atoms with Gasteiger partial charge in [0.05, 0.1) is 4.83 Å². The van der Waals surface area contributed by atoms with Gasteiger partial charge in [-0.25, -0.2) is 4.79 Å². The van der Waals surface area contributed by atoms with Crippen molar-refractivity contribution in [2.75, 3.05) is 0 Å². The van der Waals surface area contributed by atoms with Crippen molar-refractivity contribution in [3.05, 3.63) is 0 Å². The van der Waals surface area contributed by atoms with Crippen molar-refractivity contribution < 1.29 is 14.7 Å². The Morgan fingerprint density at radius 1 is 1.12 bits per heavy atom. The van der Waals surface area contributed by atoms with E-state index >= 15 is 0 Å². The highest BCUT2D eigenvalue weighted by Crippen LogP contribution is 2.14. The quantitative estimate of drug-likeness (QED) is 0.710. The minimum Gasteiger partial charge on any atom is -0.480 e. The van der Waals surface area contributed by atoms with Crippen LogP contribution in [0.4, 0.5) is 0 Å². The van der Waals surface area contributed by atoms with Gasteiger partial charge in [0.25, 0.3) is 0 Å². The first-order valence-corrected chi connectivity index (χ1v) is 6.82. The van der Waals surface area contributed by atoms with Crippen LogP contribution in [-0.2, 0) is 9.59 Å². The molecule has 0 aromatic heterocycles. The Morgan fingerprint density at radius 2 is 1.59 bits per heavy atom. The molecule has 0 aliphatic heterocycles. The number of alkyl halides is 1. The minimum atomic E-state index is -0.976. The molecule has 0 aliphatic carbocycles. The van der Waals surface area contributed by atoms with Gasteiger partial charge in [0, 0.05) is 0 Å². The van der Waals surface area contributed by atoms with Crippen LogP contribution in [0.3, 0.4) is 0 Å². The normalized spacial score (nSPS) is 14.8. The van der Waals surface area contributed by atoms with Crippen molar-refractivity contribution in [1.29, 1.82) is 0 Å². The largest absolute Gasteiger partial charge is 0.480 e. The van der Waals surface area contributed by atoms with E-state index in [9.17, 15) is 9.59 Å². The molecule has 0 saturated carbocycles. The highest BCUT2D eigenvalue weighted by molar-refractivity contribution is 9.10. The van der Waals surface area contributed by atoms with Gasteiger partial charge in [0.2, 0.25) is 5.91 Å². The van der Waals surface area contributed by atoms with Crippen molar-refractivity contribution in [3.8, 4) is 0 Å². The second-order valence-electron chi connectivity index (χ2n) is 5.13. The summed E-state index contributed by atoms with van der Waals surface area (Å²) >= 11 is 3.28. The van der Waals surface area contributed by atoms with Crippen LogP contribution in [-0.4, -0.2) is 27.9 Å². The van der Waals surface area contributed by atoms with Gasteiger partial charge in [0.1, 0.15) is 6.04 Å². The zero-order valence-electron chi connectivity index (χ0n) is 10.9. The number of hydrogen-bond donors (Lipinski definition) is 2. The summed E-state index contributed by atoms with van der Waals surface area (Å²) in [5, 5.41) is 11.6. The van der Waals surface area contributed by atoms with E-state index in [1.165, 1.54) is 0 Å². The Morgan fingerprint density at radius 3 is 1.94 bits per heavy atom. The lowest BCUT2D eigenvalue weighted by atomic mass is 10.0. The molecule has 2 atom stereocenters. The summed E-state index contributed by atoms with van der Waals surface area (Å²) in [5.74, 6) is -0.600. The van der Waals surface area contributed by atoms with Crippen LogP contribution in [0.15, 0.2) is 0 Å². The number of rotatable bonds is 7. The predicted molar refractivity (Wildman–Crippen MR) is 71.2 cm³/mol. The van der Waals surface area contributed by atoms with Gasteiger partial charge >= 0.3 is 5.97 Å². The molecule has 1 amide bonds. The summed E-state index contributed by atoms with van der Waals surface area (Å²) in [6.07, 6.45) is 1.14. The highest BCUT2D eigenvalue weighted by atomic mass is 79.9. The van der Waals surface area contributed by atoms with E-state index in [0.717, 1.165) is 0 Å². The van der Waals surface area contributed by atoms with E-state index in [1.54, 1.807) is 0 Å². The molecule has 0 heterocycles. The average molecular weight is 308 g/mol. The van der Waals surface area contributed by atoms with Crippen molar-refractivity contribution in [3.63, 3.8) is 0 Å². The smallest absolute Gasteiger partial charge is 0.326 e. The molecule has 0 aromatic rings. The Kier molecular flexibility index (Phi) is 7.43. The van der Waals surface area contributed by atoms with Gasteiger partial charge in [-0.05, 0) is 24.7 Å². The topological polar surface area (TPSA) is 66.4 Å². The number of carboxylic acid groups (broad SMARTS) is 1. The Bertz CT molecular complexity index is 266. The third kappa shape index (κ3) is 7.36. The van der Waals surface area contributed by atoms with E-state index in [-0.39, 0.29) is 16.7 Å².